The highest BCUT2D eigenvalue weighted by atomic mass is 32.2. The van der Waals surface area contributed by atoms with Crippen LogP contribution in [0.15, 0.2) is 40.9 Å². The second-order valence-electron chi connectivity index (χ2n) is 6.07. The fraction of sp³-hybridized carbons (Fsp3) is 0.375. The molecule has 1 aliphatic heterocycles. The molecule has 1 atom stereocenters. The van der Waals surface area contributed by atoms with Gasteiger partial charge in [-0.05, 0) is 37.6 Å². The number of hydrogen-bond donors (Lipinski definition) is 2. The molecule has 27 heavy (non-hydrogen) atoms. The zero-order valence-electron chi connectivity index (χ0n) is 14.6. The van der Waals surface area contributed by atoms with Gasteiger partial charge in [0.05, 0.1) is 16.4 Å². The number of nitrogens with two attached hydrogens (primary N) is 1. The summed E-state index contributed by atoms with van der Waals surface area (Å²) < 4.78 is 45.8. The maximum Gasteiger partial charge on any atom is 0.267 e. The van der Waals surface area contributed by atoms with Gasteiger partial charge in [-0.3, -0.25) is 4.79 Å². The Morgan fingerprint density at radius 2 is 2.04 bits per heavy atom. The van der Waals surface area contributed by atoms with Gasteiger partial charge in [0.25, 0.3) is 5.91 Å². The van der Waals surface area contributed by atoms with Gasteiger partial charge in [0, 0.05) is 24.5 Å². The Hall–Kier alpha value is -2.42. The molecular formula is C16H20N4O5S2. The number of carbonyl (C=O) groups is 1. The maximum atomic E-state index is 12.3. The van der Waals surface area contributed by atoms with Crippen LogP contribution in [0.2, 0.25) is 0 Å². The summed E-state index contributed by atoms with van der Waals surface area (Å²) in [6, 6.07) is 6.72. The number of carbonyl (C=O) groups excluding carboxylic acids is 1. The average Bonchev–Trinajstić information content (AvgIpc) is 2.95. The van der Waals surface area contributed by atoms with Crippen molar-refractivity contribution in [3.8, 4) is 6.07 Å². The standard InChI is InChI=1S/C16H20N4O5S2/c1-2-20(14-7-8-26(22,23)11-14)10-12(9-17)16(21)19-13-3-5-15(6-4-13)27(18,24)25/h3-6,10,14H,2,7-8,11H2,1H3,(H,19,21)(H2,18,24,25)/b12-10-. The van der Waals surface area contributed by atoms with E-state index in [1.807, 2.05) is 6.07 Å². The molecule has 1 aliphatic rings. The van der Waals surface area contributed by atoms with Crippen molar-refractivity contribution in [2.45, 2.75) is 24.3 Å². The number of nitriles is 1. The van der Waals surface area contributed by atoms with Gasteiger partial charge in [0.2, 0.25) is 10.0 Å². The number of hydrogen-bond acceptors (Lipinski definition) is 7. The van der Waals surface area contributed by atoms with Crippen LogP contribution in [0.1, 0.15) is 13.3 Å². The molecule has 146 valence electrons. The largest absolute Gasteiger partial charge is 0.372 e. The summed E-state index contributed by atoms with van der Waals surface area (Å²) in [5, 5.41) is 16.8. The van der Waals surface area contributed by atoms with Crippen LogP contribution in [0.4, 0.5) is 5.69 Å². The van der Waals surface area contributed by atoms with Crippen molar-refractivity contribution in [1.82, 2.24) is 4.90 Å². The summed E-state index contributed by atoms with van der Waals surface area (Å²) >= 11 is 0. The molecule has 0 aliphatic carbocycles. The molecule has 2 rings (SSSR count). The van der Waals surface area contributed by atoms with Crippen molar-refractivity contribution in [3.05, 3.63) is 36.0 Å². The van der Waals surface area contributed by atoms with Crippen molar-refractivity contribution in [2.75, 3.05) is 23.4 Å². The van der Waals surface area contributed by atoms with Gasteiger partial charge in [-0.25, -0.2) is 22.0 Å². The number of nitrogens with one attached hydrogen (secondary N) is 1. The van der Waals surface area contributed by atoms with Crippen LogP contribution in [-0.2, 0) is 24.7 Å². The minimum atomic E-state index is -3.84. The minimum Gasteiger partial charge on any atom is -0.372 e. The number of rotatable bonds is 6. The van der Waals surface area contributed by atoms with E-state index in [9.17, 15) is 26.9 Å². The van der Waals surface area contributed by atoms with E-state index in [0.29, 0.717) is 18.7 Å². The molecule has 1 aromatic carbocycles. The smallest absolute Gasteiger partial charge is 0.267 e. The molecule has 1 aromatic rings. The Labute approximate surface area is 158 Å². The normalized spacial score (nSPS) is 19.3. The van der Waals surface area contributed by atoms with Crippen LogP contribution < -0.4 is 10.5 Å². The Balaban J connectivity index is 2.15. The van der Waals surface area contributed by atoms with E-state index in [2.05, 4.69) is 5.32 Å². The fourth-order valence-corrected chi connectivity index (χ4v) is 4.98. The highest BCUT2D eigenvalue weighted by Gasteiger charge is 2.31. The monoisotopic (exact) mass is 412 g/mol. The molecule has 0 saturated carbocycles. The lowest BCUT2D eigenvalue weighted by atomic mass is 10.2. The summed E-state index contributed by atoms with van der Waals surface area (Å²) in [6.07, 6.45) is 1.81. The first kappa shape index (κ1) is 20.9. The highest BCUT2D eigenvalue weighted by molar-refractivity contribution is 7.91. The SMILES string of the molecule is CCN(/C=C(/C#N)C(=O)Nc1ccc(S(N)(=O)=O)cc1)C1CCS(=O)(=O)C1. The van der Waals surface area contributed by atoms with Crippen LogP contribution >= 0.6 is 0 Å². The van der Waals surface area contributed by atoms with E-state index in [-0.39, 0.29) is 28.0 Å². The maximum absolute atomic E-state index is 12.3. The van der Waals surface area contributed by atoms with E-state index in [1.165, 1.54) is 30.5 Å². The van der Waals surface area contributed by atoms with Crippen LogP contribution in [-0.4, -0.2) is 51.7 Å². The summed E-state index contributed by atoms with van der Waals surface area (Å²) in [7, 11) is -6.93. The summed E-state index contributed by atoms with van der Waals surface area (Å²) in [4.78, 5) is 13.9. The predicted octanol–water partition coefficient (Wildman–Crippen LogP) is 0.189. The van der Waals surface area contributed by atoms with E-state index < -0.39 is 25.8 Å². The van der Waals surface area contributed by atoms with E-state index in [1.54, 1.807) is 11.8 Å². The first-order valence-electron chi connectivity index (χ1n) is 8.08. The number of nitrogens with zero attached hydrogens (tertiary/aromatic N) is 2. The summed E-state index contributed by atoms with van der Waals surface area (Å²) in [5.74, 6) is -0.598. The van der Waals surface area contributed by atoms with Crippen molar-refractivity contribution in [2.24, 2.45) is 5.14 Å². The van der Waals surface area contributed by atoms with Gasteiger partial charge in [0.15, 0.2) is 9.84 Å². The number of benzene rings is 1. The lowest BCUT2D eigenvalue weighted by molar-refractivity contribution is -0.112. The average molecular weight is 412 g/mol. The molecule has 1 saturated heterocycles. The molecule has 1 amide bonds. The first-order chi connectivity index (χ1) is 12.6. The first-order valence-corrected chi connectivity index (χ1v) is 11.4. The van der Waals surface area contributed by atoms with Gasteiger partial charge < -0.3 is 10.2 Å². The highest BCUT2D eigenvalue weighted by Crippen LogP contribution is 2.19. The second kappa shape index (κ2) is 8.08. The molecule has 1 fully saturated rings. The Kier molecular flexibility index (Phi) is 6.25. The van der Waals surface area contributed by atoms with E-state index >= 15 is 0 Å². The molecule has 0 spiro atoms. The van der Waals surface area contributed by atoms with Crippen LogP contribution in [0.5, 0.6) is 0 Å². The molecule has 3 N–H and O–H groups in total. The molecule has 0 radical (unpaired) electrons. The third-order valence-corrected chi connectivity index (χ3v) is 6.82. The van der Waals surface area contributed by atoms with Gasteiger partial charge in [-0.2, -0.15) is 5.26 Å². The zero-order valence-corrected chi connectivity index (χ0v) is 16.3. The Morgan fingerprint density at radius 3 is 2.48 bits per heavy atom. The van der Waals surface area contributed by atoms with Gasteiger partial charge in [-0.1, -0.05) is 0 Å². The lowest BCUT2D eigenvalue weighted by Gasteiger charge is -2.25. The minimum absolute atomic E-state index is 0.00725. The molecule has 0 bridgehead atoms. The van der Waals surface area contributed by atoms with Crippen LogP contribution in [0, 0.1) is 11.3 Å². The number of amides is 1. The number of primary sulfonamides is 1. The topological polar surface area (TPSA) is 150 Å². The van der Waals surface area contributed by atoms with Crippen molar-refractivity contribution in [3.63, 3.8) is 0 Å². The van der Waals surface area contributed by atoms with E-state index in [4.69, 9.17) is 5.14 Å². The Morgan fingerprint density at radius 1 is 1.41 bits per heavy atom. The molecule has 1 heterocycles. The molecule has 0 aromatic heterocycles. The van der Waals surface area contributed by atoms with Gasteiger partial charge >= 0.3 is 0 Å². The summed E-state index contributed by atoms with van der Waals surface area (Å²) in [5.41, 5.74) is 0.108. The Bertz CT molecular complexity index is 992. The van der Waals surface area contributed by atoms with Crippen molar-refractivity contribution in [1.29, 1.82) is 5.26 Å². The second-order valence-corrected chi connectivity index (χ2v) is 9.86. The van der Waals surface area contributed by atoms with Crippen LogP contribution in [0.25, 0.3) is 0 Å². The van der Waals surface area contributed by atoms with Crippen molar-refractivity contribution >= 4 is 31.5 Å². The summed E-state index contributed by atoms with van der Waals surface area (Å²) in [6.45, 7) is 2.25. The third kappa shape index (κ3) is 5.53. The van der Waals surface area contributed by atoms with E-state index in [0.717, 1.165) is 0 Å². The van der Waals surface area contributed by atoms with Gasteiger partial charge in [0.1, 0.15) is 11.6 Å². The molecule has 1 unspecified atom stereocenters. The van der Waals surface area contributed by atoms with Crippen LogP contribution in [0.3, 0.4) is 0 Å². The van der Waals surface area contributed by atoms with Crippen molar-refractivity contribution < 1.29 is 21.6 Å². The third-order valence-electron chi connectivity index (χ3n) is 4.14. The molecule has 11 heteroatoms. The predicted molar refractivity (Wildman–Crippen MR) is 99.6 cm³/mol. The van der Waals surface area contributed by atoms with Gasteiger partial charge in [-0.15, -0.1) is 0 Å². The lowest BCUT2D eigenvalue weighted by Crippen LogP contribution is -2.32. The molecular weight excluding hydrogens is 392 g/mol. The fourth-order valence-electron chi connectivity index (χ4n) is 2.72. The number of sulfonamides is 1. The zero-order chi connectivity index (χ0) is 20.2. The number of anilines is 1. The molecule has 9 nitrogen and oxygen atoms in total. The quantitative estimate of drug-likeness (QED) is 0.500. The number of sulfone groups is 1.